The zero-order valence-corrected chi connectivity index (χ0v) is 18.1. The van der Waals surface area contributed by atoms with Gasteiger partial charge in [0, 0.05) is 37.9 Å². The van der Waals surface area contributed by atoms with E-state index in [2.05, 4.69) is 16.5 Å². The van der Waals surface area contributed by atoms with Crippen molar-refractivity contribution in [2.45, 2.75) is 31.0 Å². The molecule has 0 amide bonds. The largest absolute Gasteiger partial charge is 0.417 e. The summed E-state index contributed by atoms with van der Waals surface area (Å²) in [6, 6.07) is 7.16. The topological polar surface area (TPSA) is 52.6 Å². The van der Waals surface area contributed by atoms with E-state index in [0.717, 1.165) is 37.8 Å². The maximum Gasteiger partial charge on any atom is 0.417 e. The summed E-state index contributed by atoms with van der Waals surface area (Å²) in [7, 11) is -4.51. The number of nitrogens with one attached hydrogen (secondary N) is 1. The van der Waals surface area contributed by atoms with Crippen molar-refractivity contribution in [2.75, 3.05) is 37.6 Å². The van der Waals surface area contributed by atoms with Crippen molar-refractivity contribution in [2.24, 2.45) is 0 Å². The molecule has 10 heteroatoms. The van der Waals surface area contributed by atoms with E-state index in [-0.39, 0.29) is 0 Å². The lowest BCUT2D eigenvalue weighted by atomic mass is 10.0. The number of hydrogen-bond donors (Lipinski definition) is 1. The van der Waals surface area contributed by atoms with Crippen molar-refractivity contribution in [1.29, 1.82) is 0 Å². The van der Waals surface area contributed by atoms with Crippen LogP contribution in [0.2, 0.25) is 0 Å². The Morgan fingerprint density at radius 2 is 1.71 bits per heavy atom. The van der Waals surface area contributed by atoms with Crippen molar-refractivity contribution in [1.82, 2.24) is 9.62 Å². The van der Waals surface area contributed by atoms with E-state index < -0.39 is 38.5 Å². The quantitative estimate of drug-likeness (QED) is 0.663. The molecule has 1 aliphatic heterocycles. The van der Waals surface area contributed by atoms with Crippen molar-refractivity contribution < 1.29 is 26.0 Å². The van der Waals surface area contributed by atoms with Crippen molar-refractivity contribution >= 4 is 15.7 Å². The maximum atomic E-state index is 14.0. The minimum Gasteiger partial charge on any atom is -0.369 e. The van der Waals surface area contributed by atoms with Gasteiger partial charge in [-0.2, -0.15) is 13.2 Å². The number of sulfonamides is 1. The van der Waals surface area contributed by atoms with Gasteiger partial charge in [0.05, 0.1) is 10.5 Å². The Morgan fingerprint density at radius 3 is 2.32 bits per heavy atom. The van der Waals surface area contributed by atoms with E-state index in [1.807, 2.05) is 4.90 Å². The highest BCUT2D eigenvalue weighted by Gasteiger charge is 2.37. The van der Waals surface area contributed by atoms with Gasteiger partial charge in [-0.3, -0.25) is 0 Å². The Kier molecular flexibility index (Phi) is 6.92. The first-order valence-electron chi connectivity index (χ1n) is 9.98. The molecule has 31 heavy (non-hydrogen) atoms. The fourth-order valence-electron chi connectivity index (χ4n) is 3.76. The Labute approximate surface area is 179 Å². The number of rotatable bonds is 6. The van der Waals surface area contributed by atoms with Crippen molar-refractivity contribution in [3.05, 3.63) is 59.4 Å². The highest BCUT2D eigenvalue weighted by Crippen LogP contribution is 2.35. The molecule has 0 unspecified atom stereocenters. The van der Waals surface area contributed by atoms with Crippen LogP contribution in [-0.2, 0) is 16.2 Å². The number of anilines is 1. The SMILES string of the molecule is CCN1CCN(c2ccc(F)cc2[C@H](C)NS(=O)(=O)c2ccccc2C(F)(F)F)CC1. The minimum atomic E-state index is -4.82. The second-order valence-electron chi connectivity index (χ2n) is 7.46. The average Bonchev–Trinajstić information content (AvgIpc) is 2.73. The third-order valence-corrected chi connectivity index (χ3v) is 7.03. The number of benzene rings is 2. The molecule has 2 aromatic rings. The number of nitrogens with zero attached hydrogens (tertiary/aromatic N) is 2. The summed E-state index contributed by atoms with van der Waals surface area (Å²) in [5.41, 5.74) is -0.209. The molecule has 1 saturated heterocycles. The molecule has 0 bridgehead atoms. The summed E-state index contributed by atoms with van der Waals surface area (Å²) in [6.45, 7) is 7.46. The van der Waals surface area contributed by atoms with Gasteiger partial charge < -0.3 is 9.80 Å². The fourth-order valence-corrected chi connectivity index (χ4v) is 5.21. The van der Waals surface area contributed by atoms with E-state index in [1.165, 1.54) is 25.1 Å². The van der Waals surface area contributed by atoms with Crippen LogP contribution in [0, 0.1) is 5.82 Å². The van der Waals surface area contributed by atoms with Crippen LogP contribution in [0.5, 0.6) is 0 Å². The summed E-state index contributed by atoms with van der Waals surface area (Å²) in [5, 5.41) is 0. The number of alkyl halides is 3. The minimum absolute atomic E-state index is 0.373. The summed E-state index contributed by atoms with van der Waals surface area (Å²) < 4.78 is 81.9. The molecule has 2 aromatic carbocycles. The van der Waals surface area contributed by atoms with Crippen LogP contribution in [-0.4, -0.2) is 46.0 Å². The van der Waals surface area contributed by atoms with Gasteiger partial charge in [-0.25, -0.2) is 17.5 Å². The molecule has 1 fully saturated rings. The van der Waals surface area contributed by atoms with Crippen LogP contribution in [0.1, 0.15) is 31.0 Å². The Morgan fingerprint density at radius 1 is 1.06 bits per heavy atom. The lowest BCUT2D eigenvalue weighted by molar-refractivity contribution is -0.139. The molecule has 0 aliphatic carbocycles. The van der Waals surface area contributed by atoms with E-state index in [0.29, 0.717) is 24.3 Å². The second kappa shape index (κ2) is 9.13. The highest BCUT2D eigenvalue weighted by molar-refractivity contribution is 7.89. The molecular weight excluding hydrogens is 434 g/mol. The van der Waals surface area contributed by atoms with Crippen LogP contribution in [0.25, 0.3) is 0 Å². The number of halogens is 4. The van der Waals surface area contributed by atoms with E-state index in [4.69, 9.17) is 0 Å². The first-order chi connectivity index (χ1) is 14.5. The summed E-state index contributed by atoms with van der Waals surface area (Å²) in [6.07, 6.45) is -4.82. The summed E-state index contributed by atoms with van der Waals surface area (Å²) in [4.78, 5) is 3.44. The predicted octanol–water partition coefficient (Wildman–Crippen LogP) is 4.03. The van der Waals surface area contributed by atoms with E-state index in [1.54, 1.807) is 6.07 Å². The lowest BCUT2D eigenvalue weighted by Crippen LogP contribution is -2.46. The molecule has 3 rings (SSSR count). The fraction of sp³-hybridized carbons (Fsp3) is 0.429. The van der Waals surface area contributed by atoms with E-state index in [9.17, 15) is 26.0 Å². The van der Waals surface area contributed by atoms with Gasteiger partial charge in [-0.1, -0.05) is 19.1 Å². The average molecular weight is 460 g/mol. The van der Waals surface area contributed by atoms with Crippen LogP contribution >= 0.6 is 0 Å². The number of hydrogen-bond acceptors (Lipinski definition) is 4. The van der Waals surface area contributed by atoms with Crippen molar-refractivity contribution in [3.8, 4) is 0 Å². The van der Waals surface area contributed by atoms with Crippen LogP contribution in [0.15, 0.2) is 47.4 Å². The highest BCUT2D eigenvalue weighted by atomic mass is 32.2. The molecule has 1 N–H and O–H groups in total. The Hall–Kier alpha value is -2.17. The first kappa shape index (κ1) is 23.5. The Balaban J connectivity index is 1.91. The molecule has 0 saturated carbocycles. The second-order valence-corrected chi connectivity index (χ2v) is 9.14. The molecule has 0 radical (unpaired) electrons. The first-order valence-corrected chi connectivity index (χ1v) is 11.5. The number of likely N-dealkylation sites (N-methyl/N-ethyl adjacent to an activating group) is 1. The van der Waals surface area contributed by atoms with Gasteiger partial charge >= 0.3 is 6.18 Å². The zero-order chi connectivity index (χ0) is 22.8. The predicted molar refractivity (Wildman–Crippen MR) is 111 cm³/mol. The van der Waals surface area contributed by atoms with Gasteiger partial charge in [-0.05, 0) is 49.4 Å². The molecule has 1 aliphatic rings. The normalized spacial score (nSPS) is 17.0. The molecule has 1 heterocycles. The van der Waals surface area contributed by atoms with Crippen LogP contribution < -0.4 is 9.62 Å². The monoisotopic (exact) mass is 459 g/mol. The standard InChI is InChI=1S/C21H25F4N3O2S/c1-3-27-10-12-28(13-11-27)19-9-8-16(22)14-17(19)15(2)26-31(29,30)20-7-5-4-6-18(20)21(23,24)25/h4-9,14-15,26H,3,10-13H2,1-2H3/t15-/m0/s1. The van der Waals surface area contributed by atoms with Gasteiger partial charge in [0.15, 0.2) is 0 Å². The Bertz CT molecular complexity index is 1020. The zero-order valence-electron chi connectivity index (χ0n) is 17.3. The van der Waals surface area contributed by atoms with E-state index >= 15 is 0 Å². The smallest absolute Gasteiger partial charge is 0.369 e. The molecular formula is C21H25F4N3O2S. The van der Waals surface area contributed by atoms with Crippen LogP contribution in [0.4, 0.5) is 23.2 Å². The van der Waals surface area contributed by atoms with Gasteiger partial charge in [0.1, 0.15) is 5.82 Å². The van der Waals surface area contributed by atoms with Crippen molar-refractivity contribution in [3.63, 3.8) is 0 Å². The lowest BCUT2D eigenvalue weighted by Gasteiger charge is -2.37. The summed E-state index contributed by atoms with van der Waals surface area (Å²) >= 11 is 0. The maximum absolute atomic E-state index is 14.0. The van der Waals surface area contributed by atoms with Crippen LogP contribution in [0.3, 0.4) is 0 Å². The molecule has 1 atom stereocenters. The molecule has 0 aromatic heterocycles. The molecule has 0 spiro atoms. The van der Waals surface area contributed by atoms with Gasteiger partial charge in [0.25, 0.3) is 0 Å². The summed E-state index contributed by atoms with van der Waals surface area (Å²) in [5.74, 6) is -0.548. The third kappa shape index (κ3) is 5.36. The van der Waals surface area contributed by atoms with Gasteiger partial charge in [-0.15, -0.1) is 0 Å². The number of piperazine rings is 1. The molecule has 5 nitrogen and oxygen atoms in total. The van der Waals surface area contributed by atoms with Gasteiger partial charge in [0.2, 0.25) is 10.0 Å². The third-order valence-electron chi connectivity index (χ3n) is 5.43. The molecule has 170 valence electrons.